The van der Waals surface area contributed by atoms with E-state index in [1.165, 1.54) is 24.2 Å². The Morgan fingerprint density at radius 1 is 1.08 bits per heavy atom. The molecule has 2 aromatic rings. The molecule has 138 valence electrons. The molecule has 8 nitrogen and oxygen atoms in total. The minimum Gasteiger partial charge on any atom is -0.353 e. The van der Waals surface area contributed by atoms with Gasteiger partial charge in [0.2, 0.25) is 10.3 Å². The Kier molecular flexibility index (Phi) is 5.14. The summed E-state index contributed by atoms with van der Waals surface area (Å²) in [4.78, 5) is 20.9. The maximum Gasteiger partial charge on any atom is 0.321 e. The fraction of sp³-hybridized carbons (Fsp3) is 0.529. The molecular weight excluding hydrogens is 350 g/mol. The molecule has 3 heterocycles. The minimum absolute atomic E-state index is 0.181. The van der Waals surface area contributed by atoms with E-state index in [4.69, 9.17) is 0 Å². The number of piperazine rings is 1. The van der Waals surface area contributed by atoms with E-state index in [9.17, 15) is 4.79 Å². The van der Waals surface area contributed by atoms with Crippen LogP contribution in [0.3, 0.4) is 0 Å². The third-order valence-corrected chi connectivity index (χ3v) is 5.75. The van der Waals surface area contributed by atoms with Gasteiger partial charge in [0.1, 0.15) is 5.82 Å². The van der Waals surface area contributed by atoms with Crippen LogP contribution < -0.4 is 20.4 Å². The van der Waals surface area contributed by atoms with E-state index in [2.05, 4.69) is 35.6 Å². The number of urea groups is 1. The molecule has 2 amide bonds. The smallest absolute Gasteiger partial charge is 0.321 e. The Morgan fingerprint density at radius 3 is 2.58 bits per heavy atom. The Morgan fingerprint density at radius 2 is 1.85 bits per heavy atom. The lowest BCUT2D eigenvalue weighted by molar-refractivity contribution is 0.248. The third kappa shape index (κ3) is 4.04. The van der Waals surface area contributed by atoms with Crippen molar-refractivity contribution in [3.63, 3.8) is 0 Å². The zero-order valence-electron chi connectivity index (χ0n) is 14.6. The van der Waals surface area contributed by atoms with E-state index < -0.39 is 0 Å². The maximum atomic E-state index is 12.0. The number of aromatic nitrogens is 3. The maximum absolute atomic E-state index is 12.0. The third-order valence-electron chi connectivity index (χ3n) is 4.85. The van der Waals surface area contributed by atoms with Gasteiger partial charge in [-0.3, -0.25) is 5.32 Å². The summed E-state index contributed by atoms with van der Waals surface area (Å²) in [7, 11) is 0. The summed E-state index contributed by atoms with van der Waals surface area (Å²) in [6, 6.07) is 6.08. The summed E-state index contributed by atoms with van der Waals surface area (Å²) in [6.07, 6.45) is 6.34. The van der Waals surface area contributed by atoms with E-state index in [0.29, 0.717) is 11.2 Å². The van der Waals surface area contributed by atoms with Crippen LogP contribution >= 0.6 is 11.3 Å². The predicted octanol–water partition coefficient (Wildman–Crippen LogP) is 2.32. The standard InChI is InChI=1S/C17H23N7OS/c25-15(19-13-5-1-2-6-13)20-16-21-22-17(26-16)24-11-9-23(10-12-24)14-7-3-4-8-18-14/h3-4,7-8,13H,1-2,5-6,9-12H2,(H2,19,20,21,25). The zero-order valence-corrected chi connectivity index (χ0v) is 15.4. The Labute approximate surface area is 156 Å². The molecular formula is C17H23N7OS. The molecule has 0 spiro atoms. The van der Waals surface area contributed by atoms with Gasteiger partial charge in [0, 0.05) is 38.4 Å². The monoisotopic (exact) mass is 373 g/mol. The van der Waals surface area contributed by atoms with Crippen molar-refractivity contribution in [3.05, 3.63) is 24.4 Å². The summed E-state index contributed by atoms with van der Waals surface area (Å²) in [5.74, 6) is 1.01. The van der Waals surface area contributed by atoms with Crippen LogP contribution in [0.4, 0.5) is 20.9 Å². The van der Waals surface area contributed by atoms with Gasteiger partial charge >= 0.3 is 6.03 Å². The van der Waals surface area contributed by atoms with Gasteiger partial charge in [-0.25, -0.2) is 9.78 Å². The summed E-state index contributed by atoms with van der Waals surface area (Å²) in [5.41, 5.74) is 0. The first-order valence-corrected chi connectivity index (χ1v) is 9.91. The quantitative estimate of drug-likeness (QED) is 0.855. The highest BCUT2D eigenvalue weighted by atomic mass is 32.1. The van der Waals surface area contributed by atoms with E-state index in [0.717, 1.165) is 50.0 Å². The highest BCUT2D eigenvalue weighted by molar-refractivity contribution is 7.19. The number of carbonyl (C=O) groups is 1. The van der Waals surface area contributed by atoms with Crippen molar-refractivity contribution in [2.75, 3.05) is 41.3 Å². The van der Waals surface area contributed by atoms with Crippen LogP contribution in [0.15, 0.2) is 24.4 Å². The molecule has 1 saturated heterocycles. The van der Waals surface area contributed by atoms with Gasteiger partial charge in [0.25, 0.3) is 0 Å². The molecule has 26 heavy (non-hydrogen) atoms. The van der Waals surface area contributed by atoms with Gasteiger partial charge in [-0.1, -0.05) is 30.2 Å². The van der Waals surface area contributed by atoms with Crippen LogP contribution in [-0.4, -0.2) is 53.4 Å². The fourth-order valence-electron chi connectivity index (χ4n) is 3.45. The zero-order chi connectivity index (χ0) is 17.8. The van der Waals surface area contributed by atoms with Crippen LogP contribution in [0.1, 0.15) is 25.7 Å². The normalized spacial score (nSPS) is 18.2. The molecule has 0 unspecified atom stereocenters. The molecule has 0 aromatic carbocycles. The van der Waals surface area contributed by atoms with Crippen LogP contribution in [0.5, 0.6) is 0 Å². The van der Waals surface area contributed by atoms with Crippen molar-refractivity contribution < 1.29 is 4.79 Å². The molecule has 4 rings (SSSR count). The average Bonchev–Trinajstić information content (AvgIpc) is 3.35. The van der Waals surface area contributed by atoms with E-state index >= 15 is 0 Å². The number of pyridine rings is 1. The molecule has 1 saturated carbocycles. The van der Waals surface area contributed by atoms with Crippen LogP contribution in [0.25, 0.3) is 0 Å². The molecule has 2 aromatic heterocycles. The second kappa shape index (κ2) is 7.86. The van der Waals surface area contributed by atoms with Crippen molar-refractivity contribution in [2.45, 2.75) is 31.7 Å². The lowest BCUT2D eigenvalue weighted by atomic mass is 10.3. The fourth-order valence-corrected chi connectivity index (χ4v) is 4.24. The Balaban J connectivity index is 1.29. The lowest BCUT2D eigenvalue weighted by Crippen LogP contribution is -2.46. The molecule has 0 radical (unpaired) electrons. The summed E-state index contributed by atoms with van der Waals surface area (Å²) >= 11 is 1.42. The van der Waals surface area contributed by atoms with Crippen molar-refractivity contribution in [1.29, 1.82) is 0 Å². The molecule has 1 aliphatic heterocycles. The number of carbonyl (C=O) groups excluding carboxylic acids is 1. The van der Waals surface area contributed by atoms with Gasteiger partial charge in [-0.15, -0.1) is 10.2 Å². The predicted molar refractivity (Wildman–Crippen MR) is 103 cm³/mol. The molecule has 2 aliphatic rings. The minimum atomic E-state index is -0.181. The topological polar surface area (TPSA) is 86.3 Å². The van der Waals surface area contributed by atoms with Gasteiger partial charge in [-0.05, 0) is 25.0 Å². The molecule has 0 bridgehead atoms. The molecule has 1 aliphatic carbocycles. The summed E-state index contributed by atoms with van der Waals surface area (Å²) < 4.78 is 0. The van der Waals surface area contributed by atoms with Crippen molar-refractivity contribution in [3.8, 4) is 0 Å². The second-order valence-electron chi connectivity index (χ2n) is 6.63. The molecule has 9 heteroatoms. The van der Waals surface area contributed by atoms with Crippen LogP contribution in [-0.2, 0) is 0 Å². The van der Waals surface area contributed by atoms with Gasteiger partial charge in [0.15, 0.2) is 0 Å². The first kappa shape index (κ1) is 17.0. The van der Waals surface area contributed by atoms with Gasteiger partial charge in [-0.2, -0.15) is 0 Å². The van der Waals surface area contributed by atoms with Gasteiger partial charge in [0.05, 0.1) is 0 Å². The van der Waals surface area contributed by atoms with E-state index in [1.807, 2.05) is 24.4 Å². The average molecular weight is 373 g/mol. The van der Waals surface area contributed by atoms with Crippen molar-refractivity contribution in [2.24, 2.45) is 0 Å². The number of nitrogens with zero attached hydrogens (tertiary/aromatic N) is 5. The van der Waals surface area contributed by atoms with E-state index in [-0.39, 0.29) is 6.03 Å². The first-order valence-electron chi connectivity index (χ1n) is 9.10. The highest BCUT2D eigenvalue weighted by Gasteiger charge is 2.22. The van der Waals surface area contributed by atoms with Crippen molar-refractivity contribution >= 4 is 33.4 Å². The van der Waals surface area contributed by atoms with Gasteiger partial charge < -0.3 is 15.1 Å². The first-order chi connectivity index (χ1) is 12.8. The van der Waals surface area contributed by atoms with Crippen LogP contribution in [0, 0.1) is 0 Å². The summed E-state index contributed by atoms with van der Waals surface area (Å²) in [6.45, 7) is 3.50. The number of anilines is 3. The number of rotatable bonds is 4. The summed E-state index contributed by atoms with van der Waals surface area (Å²) in [5, 5.41) is 15.6. The number of amides is 2. The number of hydrogen-bond donors (Lipinski definition) is 2. The largest absolute Gasteiger partial charge is 0.353 e. The van der Waals surface area contributed by atoms with E-state index in [1.54, 1.807) is 0 Å². The Bertz CT molecular complexity index is 724. The second-order valence-corrected chi connectivity index (χ2v) is 7.59. The lowest BCUT2D eigenvalue weighted by Gasteiger charge is -2.34. The number of nitrogens with one attached hydrogen (secondary N) is 2. The highest BCUT2D eigenvalue weighted by Crippen LogP contribution is 2.26. The Hall–Kier alpha value is -2.42. The van der Waals surface area contributed by atoms with Crippen molar-refractivity contribution in [1.82, 2.24) is 20.5 Å². The molecule has 2 N–H and O–H groups in total. The SMILES string of the molecule is O=C(Nc1nnc(N2CCN(c3ccccn3)CC2)s1)NC1CCCC1. The van der Waals surface area contributed by atoms with Crippen LogP contribution in [0.2, 0.25) is 0 Å². The molecule has 0 atom stereocenters. The molecule has 2 fully saturated rings. The number of hydrogen-bond acceptors (Lipinski definition) is 7.